The summed E-state index contributed by atoms with van der Waals surface area (Å²) >= 11 is 0. The van der Waals surface area contributed by atoms with E-state index in [2.05, 4.69) is 10.6 Å². The van der Waals surface area contributed by atoms with Crippen molar-refractivity contribution < 1.29 is 13.2 Å². The maximum Gasteiger partial charge on any atom is 0.319 e. The van der Waals surface area contributed by atoms with E-state index in [4.69, 9.17) is 0 Å². The lowest BCUT2D eigenvalue weighted by atomic mass is 10.1. The molecule has 1 heterocycles. The van der Waals surface area contributed by atoms with Crippen LogP contribution in [0, 0.1) is 13.8 Å². The van der Waals surface area contributed by atoms with Gasteiger partial charge < -0.3 is 10.6 Å². The topological polar surface area (TPSA) is 78.5 Å². The van der Waals surface area contributed by atoms with E-state index in [1.807, 2.05) is 32.0 Å². The predicted octanol–water partition coefficient (Wildman–Crippen LogP) is 2.24. The van der Waals surface area contributed by atoms with Crippen molar-refractivity contribution in [3.63, 3.8) is 0 Å². The van der Waals surface area contributed by atoms with Gasteiger partial charge in [0.1, 0.15) is 0 Å². The van der Waals surface area contributed by atoms with Gasteiger partial charge >= 0.3 is 6.03 Å². The zero-order valence-corrected chi connectivity index (χ0v) is 14.7. The Morgan fingerprint density at radius 3 is 2.26 bits per heavy atom. The summed E-state index contributed by atoms with van der Waals surface area (Å²) in [6.07, 6.45) is 1.28. The lowest BCUT2D eigenvalue weighted by Crippen LogP contribution is -2.47. The molecular formula is C16H25N3O3S. The van der Waals surface area contributed by atoms with Crippen LogP contribution in [0.1, 0.15) is 30.9 Å². The lowest BCUT2D eigenvalue weighted by molar-refractivity contribution is 0.238. The first-order valence-electron chi connectivity index (χ1n) is 7.94. The Morgan fingerprint density at radius 2 is 1.74 bits per heavy atom. The minimum absolute atomic E-state index is 0.00390. The van der Waals surface area contributed by atoms with Gasteiger partial charge in [0.2, 0.25) is 10.0 Å². The molecule has 0 aromatic heterocycles. The summed E-state index contributed by atoms with van der Waals surface area (Å²) in [6.45, 7) is 6.55. The molecule has 0 spiro atoms. The van der Waals surface area contributed by atoms with Gasteiger partial charge in [-0.3, -0.25) is 0 Å². The number of aryl methyl sites for hydroxylation is 2. The van der Waals surface area contributed by atoms with E-state index in [1.54, 1.807) is 6.92 Å². The minimum atomic E-state index is -3.13. The zero-order valence-electron chi connectivity index (χ0n) is 13.9. The van der Waals surface area contributed by atoms with E-state index < -0.39 is 10.0 Å². The standard InChI is InChI=1S/C16H25N3O3S/c1-4-23(21,22)19-7-5-14(6-8-19)17-16(20)18-15-10-12(2)9-13(3)11-15/h9-11,14H,4-8H2,1-3H3,(H2,17,18,20). The van der Waals surface area contributed by atoms with Crippen LogP contribution in [-0.2, 0) is 10.0 Å². The molecule has 1 fully saturated rings. The van der Waals surface area contributed by atoms with Gasteiger partial charge in [-0.15, -0.1) is 0 Å². The van der Waals surface area contributed by atoms with Crippen LogP contribution in [0.15, 0.2) is 18.2 Å². The molecule has 7 heteroatoms. The highest BCUT2D eigenvalue weighted by atomic mass is 32.2. The van der Waals surface area contributed by atoms with Gasteiger partial charge in [0.15, 0.2) is 0 Å². The molecule has 0 unspecified atom stereocenters. The van der Waals surface area contributed by atoms with Gasteiger partial charge in [0, 0.05) is 24.8 Å². The van der Waals surface area contributed by atoms with E-state index in [1.165, 1.54) is 4.31 Å². The summed E-state index contributed by atoms with van der Waals surface area (Å²) in [5.41, 5.74) is 2.96. The smallest absolute Gasteiger partial charge is 0.319 e. The molecule has 6 nitrogen and oxygen atoms in total. The molecule has 2 N–H and O–H groups in total. The summed E-state index contributed by atoms with van der Waals surface area (Å²) < 4.78 is 25.1. The Morgan fingerprint density at radius 1 is 1.17 bits per heavy atom. The Kier molecular flexibility index (Phi) is 5.64. The third kappa shape index (κ3) is 4.94. The maximum atomic E-state index is 12.1. The van der Waals surface area contributed by atoms with Gasteiger partial charge in [0.05, 0.1) is 5.75 Å². The van der Waals surface area contributed by atoms with Crippen LogP contribution < -0.4 is 10.6 Å². The fourth-order valence-electron chi connectivity index (χ4n) is 2.86. The number of carbonyl (C=O) groups excluding carboxylic acids is 1. The maximum absolute atomic E-state index is 12.1. The number of sulfonamides is 1. The van der Waals surface area contributed by atoms with Crippen molar-refractivity contribution in [3.8, 4) is 0 Å². The number of hydrogen-bond donors (Lipinski definition) is 2. The number of hydrogen-bond acceptors (Lipinski definition) is 3. The molecule has 1 aliphatic rings. The molecule has 0 atom stereocenters. The Balaban J connectivity index is 1.85. The minimum Gasteiger partial charge on any atom is -0.335 e. The fourth-order valence-corrected chi connectivity index (χ4v) is 3.99. The van der Waals surface area contributed by atoms with Crippen molar-refractivity contribution in [3.05, 3.63) is 29.3 Å². The second-order valence-corrected chi connectivity index (χ2v) is 8.31. The van der Waals surface area contributed by atoms with Crippen LogP contribution in [0.2, 0.25) is 0 Å². The summed E-state index contributed by atoms with van der Waals surface area (Å²) in [7, 11) is -3.13. The number of carbonyl (C=O) groups is 1. The van der Waals surface area contributed by atoms with E-state index in [0.29, 0.717) is 25.9 Å². The average Bonchev–Trinajstić information content (AvgIpc) is 2.46. The Labute approximate surface area is 138 Å². The largest absolute Gasteiger partial charge is 0.335 e. The SMILES string of the molecule is CCS(=O)(=O)N1CCC(NC(=O)Nc2cc(C)cc(C)c2)CC1. The van der Waals surface area contributed by atoms with Crippen LogP contribution in [0.4, 0.5) is 10.5 Å². The summed E-state index contributed by atoms with van der Waals surface area (Å²) in [4.78, 5) is 12.1. The molecule has 1 aliphatic heterocycles. The van der Waals surface area contributed by atoms with Gasteiger partial charge in [-0.1, -0.05) is 6.07 Å². The zero-order chi connectivity index (χ0) is 17.0. The van der Waals surface area contributed by atoms with Crippen molar-refractivity contribution in [2.45, 2.75) is 39.7 Å². The van der Waals surface area contributed by atoms with Crippen LogP contribution in [0.3, 0.4) is 0 Å². The number of nitrogens with zero attached hydrogens (tertiary/aromatic N) is 1. The number of rotatable bonds is 4. The molecule has 128 valence electrons. The molecule has 0 aliphatic carbocycles. The van der Waals surface area contributed by atoms with Gasteiger partial charge in [-0.05, 0) is 56.9 Å². The van der Waals surface area contributed by atoms with E-state index in [-0.39, 0.29) is 17.8 Å². The molecule has 2 rings (SSSR count). The first-order valence-corrected chi connectivity index (χ1v) is 9.54. The highest BCUT2D eigenvalue weighted by Crippen LogP contribution is 2.16. The third-order valence-corrected chi connectivity index (χ3v) is 5.91. The molecule has 0 radical (unpaired) electrons. The average molecular weight is 339 g/mol. The molecule has 1 saturated heterocycles. The number of piperidine rings is 1. The lowest BCUT2D eigenvalue weighted by Gasteiger charge is -2.31. The number of urea groups is 1. The van der Waals surface area contributed by atoms with Crippen molar-refractivity contribution in [1.82, 2.24) is 9.62 Å². The normalized spacial score (nSPS) is 17.0. The Bertz CT molecular complexity index is 645. The summed E-state index contributed by atoms with van der Waals surface area (Å²) in [5, 5.41) is 5.77. The van der Waals surface area contributed by atoms with Gasteiger partial charge in [0.25, 0.3) is 0 Å². The highest BCUT2D eigenvalue weighted by molar-refractivity contribution is 7.89. The Hall–Kier alpha value is -1.60. The summed E-state index contributed by atoms with van der Waals surface area (Å²) in [5.74, 6) is 0.123. The van der Waals surface area contributed by atoms with Crippen molar-refractivity contribution >= 4 is 21.7 Å². The van der Waals surface area contributed by atoms with Gasteiger partial charge in [-0.25, -0.2) is 17.5 Å². The number of nitrogens with one attached hydrogen (secondary N) is 2. The van der Waals surface area contributed by atoms with Crippen molar-refractivity contribution in [2.75, 3.05) is 24.2 Å². The van der Waals surface area contributed by atoms with Crippen LogP contribution in [-0.4, -0.2) is 43.6 Å². The first-order chi connectivity index (χ1) is 10.8. The first kappa shape index (κ1) is 17.7. The van der Waals surface area contributed by atoms with Crippen LogP contribution in [0.25, 0.3) is 0 Å². The molecule has 1 aromatic rings. The van der Waals surface area contributed by atoms with E-state index >= 15 is 0 Å². The van der Waals surface area contributed by atoms with E-state index in [9.17, 15) is 13.2 Å². The number of benzene rings is 1. The molecular weight excluding hydrogens is 314 g/mol. The molecule has 1 aromatic carbocycles. The number of amides is 2. The quantitative estimate of drug-likeness (QED) is 0.883. The third-order valence-electron chi connectivity index (χ3n) is 4.03. The predicted molar refractivity (Wildman–Crippen MR) is 92.1 cm³/mol. The van der Waals surface area contributed by atoms with E-state index in [0.717, 1.165) is 16.8 Å². The second kappa shape index (κ2) is 7.31. The van der Waals surface area contributed by atoms with Crippen LogP contribution in [0.5, 0.6) is 0 Å². The monoisotopic (exact) mass is 339 g/mol. The molecule has 0 saturated carbocycles. The van der Waals surface area contributed by atoms with Gasteiger partial charge in [-0.2, -0.15) is 0 Å². The molecule has 0 bridgehead atoms. The molecule has 2 amide bonds. The fraction of sp³-hybridized carbons (Fsp3) is 0.562. The number of anilines is 1. The highest BCUT2D eigenvalue weighted by Gasteiger charge is 2.27. The summed E-state index contributed by atoms with van der Waals surface area (Å²) in [6, 6.07) is 5.65. The molecule has 23 heavy (non-hydrogen) atoms. The second-order valence-electron chi connectivity index (χ2n) is 6.05. The van der Waals surface area contributed by atoms with Crippen molar-refractivity contribution in [1.29, 1.82) is 0 Å². The van der Waals surface area contributed by atoms with Crippen molar-refractivity contribution in [2.24, 2.45) is 0 Å². The van der Waals surface area contributed by atoms with Crippen LogP contribution >= 0.6 is 0 Å².